The van der Waals surface area contributed by atoms with Crippen LogP contribution < -0.4 is 0 Å². The summed E-state index contributed by atoms with van der Waals surface area (Å²) in [4.78, 5) is 12.1. The van der Waals surface area contributed by atoms with Crippen LogP contribution in [0.25, 0.3) is 0 Å². The van der Waals surface area contributed by atoms with Gasteiger partial charge < -0.3 is 14.9 Å². The third-order valence-electron chi connectivity index (χ3n) is 13.5. The molecule has 5 aliphatic carbocycles. The topological polar surface area (TPSA) is 66.8 Å². The van der Waals surface area contributed by atoms with Crippen molar-refractivity contribution in [3.63, 3.8) is 0 Å². The lowest BCUT2D eigenvalue weighted by atomic mass is 9.33. The van der Waals surface area contributed by atoms with Gasteiger partial charge >= 0.3 is 5.97 Å². The van der Waals surface area contributed by atoms with Crippen LogP contribution in [0.1, 0.15) is 113 Å². The van der Waals surface area contributed by atoms with Crippen LogP contribution in [-0.4, -0.2) is 35.0 Å². The highest BCUT2D eigenvalue weighted by molar-refractivity contribution is 5.66. The van der Waals surface area contributed by atoms with Gasteiger partial charge in [-0.15, -0.1) is 0 Å². The van der Waals surface area contributed by atoms with Crippen LogP contribution in [-0.2, 0) is 9.53 Å². The van der Waals surface area contributed by atoms with Gasteiger partial charge in [0.15, 0.2) is 0 Å². The Morgan fingerprint density at radius 2 is 1.64 bits per heavy atom. The molecule has 0 spiro atoms. The Labute approximate surface area is 219 Å². The molecular formula is C32H52O4. The minimum absolute atomic E-state index is 0.00123. The molecular weight excluding hydrogens is 448 g/mol. The van der Waals surface area contributed by atoms with Crippen molar-refractivity contribution in [2.45, 2.75) is 125 Å². The predicted octanol–water partition coefficient (Wildman–Crippen LogP) is 6.68. The predicted molar refractivity (Wildman–Crippen MR) is 143 cm³/mol. The van der Waals surface area contributed by atoms with Gasteiger partial charge in [0.1, 0.15) is 6.10 Å². The van der Waals surface area contributed by atoms with Crippen LogP contribution in [0.15, 0.2) is 11.6 Å². The first-order valence-electron chi connectivity index (χ1n) is 14.7. The van der Waals surface area contributed by atoms with E-state index in [0.717, 1.165) is 57.8 Å². The summed E-state index contributed by atoms with van der Waals surface area (Å²) in [5.74, 6) is 1.21. The molecule has 0 heterocycles. The summed E-state index contributed by atoms with van der Waals surface area (Å²) >= 11 is 0. The first-order valence-corrected chi connectivity index (χ1v) is 14.7. The molecule has 10 atom stereocenters. The zero-order valence-electron chi connectivity index (χ0n) is 24.2. The molecule has 0 radical (unpaired) electrons. The normalized spacial score (nSPS) is 53.7. The lowest BCUT2D eigenvalue weighted by molar-refractivity contribution is -0.219. The zero-order chi connectivity index (χ0) is 26.5. The fraction of sp³-hybridized carbons (Fsp3) is 0.906. The van der Waals surface area contributed by atoms with E-state index in [0.29, 0.717) is 17.8 Å². The number of aliphatic hydroxyl groups is 2. The summed E-state index contributed by atoms with van der Waals surface area (Å²) in [5.41, 5.74) is 1.85. The van der Waals surface area contributed by atoms with Gasteiger partial charge in [0.25, 0.3) is 0 Å². The molecule has 4 saturated carbocycles. The van der Waals surface area contributed by atoms with Crippen molar-refractivity contribution >= 4 is 5.97 Å². The van der Waals surface area contributed by atoms with E-state index in [1.807, 2.05) is 0 Å². The Morgan fingerprint density at radius 1 is 0.944 bits per heavy atom. The van der Waals surface area contributed by atoms with Gasteiger partial charge in [-0.2, -0.15) is 0 Å². The molecule has 2 N–H and O–H groups in total. The van der Waals surface area contributed by atoms with Crippen LogP contribution in [0, 0.1) is 50.2 Å². The Kier molecular flexibility index (Phi) is 5.99. The van der Waals surface area contributed by atoms with Crippen molar-refractivity contribution in [1.82, 2.24) is 0 Å². The van der Waals surface area contributed by atoms with Crippen LogP contribution in [0.4, 0.5) is 0 Å². The summed E-state index contributed by atoms with van der Waals surface area (Å²) < 4.78 is 6.06. The zero-order valence-corrected chi connectivity index (χ0v) is 24.2. The Morgan fingerprint density at radius 3 is 2.28 bits per heavy atom. The van der Waals surface area contributed by atoms with E-state index in [-0.39, 0.29) is 45.8 Å². The lowest BCUT2D eigenvalue weighted by Crippen LogP contribution is -2.66. The summed E-state index contributed by atoms with van der Waals surface area (Å²) in [7, 11) is 0. The maximum absolute atomic E-state index is 12.1. The highest BCUT2D eigenvalue weighted by Gasteiger charge is 2.69. The Bertz CT molecular complexity index is 954. The first kappa shape index (κ1) is 26.7. The van der Waals surface area contributed by atoms with E-state index < -0.39 is 11.5 Å². The van der Waals surface area contributed by atoms with Gasteiger partial charge in [-0.1, -0.05) is 60.1 Å². The fourth-order valence-corrected chi connectivity index (χ4v) is 11.0. The molecule has 5 aliphatic rings. The number of aliphatic hydroxyl groups excluding tert-OH is 2. The average molecular weight is 501 g/mol. The third-order valence-corrected chi connectivity index (χ3v) is 13.5. The molecule has 4 heteroatoms. The summed E-state index contributed by atoms with van der Waals surface area (Å²) in [6, 6.07) is 0. The Hall–Kier alpha value is -0.870. The minimum Gasteiger partial charge on any atom is -0.462 e. The van der Waals surface area contributed by atoms with E-state index in [9.17, 15) is 15.0 Å². The van der Waals surface area contributed by atoms with Crippen molar-refractivity contribution < 1.29 is 19.7 Å². The molecule has 0 aromatic rings. The smallest absolute Gasteiger partial charge is 0.302 e. The number of carbonyl (C=O) groups excluding carboxylic acids is 1. The highest BCUT2D eigenvalue weighted by Crippen LogP contribution is 2.75. The number of fused-ring (bicyclic) bond motifs is 7. The van der Waals surface area contributed by atoms with Crippen LogP contribution in [0.3, 0.4) is 0 Å². The third kappa shape index (κ3) is 3.34. The Balaban J connectivity index is 1.57. The number of hydrogen-bond donors (Lipinski definition) is 2. The van der Waals surface area contributed by atoms with E-state index >= 15 is 0 Å². The fourth-order valence-electron chi connectivity index (χ4n) is 11.0. The SMILES string of the molecule is CC(=O)O[C@@H]1CC(C)(C)C[C@H]2C3=CC[C@@H]4[C@@]5(C)CC[C@H](O)[C@](C)(CO)[C@@H]5CC[C@@]4(C)[C@]3(C)CC[C@@]12C. The molecule has 204 valence electrons. The van der Waals surface area contributed by atoms with Crippen molar-refractivity contribution in [3.8, 4) is 0 Å². The average Bonchev–Trinajstić information content (AvgIpc) is 2.78. The second kappa shape index (κ2) is 8.07. The van der Waals surface area contributed by atoms with E-state index in [2.05, 4.69) is 54.5 Å². The van der Waals surface area contributed by atoms with Crippen molar-refractivity contribution in [2.24, 2.45) is 50.2 Å². The summed E-state index contributed by atoms with van der Waals surface area (Å²) in [6.45, 7) is 18.6. The molecule has 36 heavy (non-hydrogen) atoms. The monoisotopic (exact) mass is 500 g/mol. The van der Waals surface area contributed by atoms with Crippen LogP contribution >= 0.6 is 0 Å². The number of allylic oxidation sites excluding steroid dienone is 2. The second-order valence-electron chi connectivity index (χ2n) is 15.7. The highest BCUT2D eigenvalue weighted by atomic mass is 16.5. The van der Waals surface area contributed by atoms with E-state index in [1.165, 1.54) is 0 Å². The van der Waals surface area contributed by atoms with E-state index in [1.54, 1.807) is 12.5 Å². The number of carbonyl (C=O) groups is 1. The minimum atomic E-state index is -0.409. The maximum atomic E-state index is 12.1. The van der Waals surface area contributed by atoms with Gasteiger partial charge in [-0.3, -0.25) is 4.79 Å². The largest absolute Gasteiger partial charge is 0.462 e. The van der Waals surface area contributed by atoms with Crippen molar-refractivity contribution in [3.05, 3.63) is 11.6 Å². The van der Waals surface area contributed by atoms with Gasteiger partial charge in [0.2, 0.25) is 0 Å². The van der Waals surface area contributed by atoms with Crippen molar-refractivity contribution in [1.29, 1.82) is 0 Å². The molecule has 4 nitrogen and oxygen atoms in total. The van der Waals surface area contributed by atoms with Crippen LogP contribution in [0.2, 0.25) is 0 Å². The standard InChI is InChI=1S/C32H52O4/c1-20(34)36-26-18-27(2,3)17-22-21-9-10-24-29(5)13-12-25(35)30(6,19-33)23(29)11-14-32(24,8)31(21,7)16-15-28(22,26)4/h9,22-26,33,35H,10-19H2,1-8H3/t22-,23+,24+,25-,26+,28+,29-,30+,31+,32+/m0/s1. The molecule has 0 aromatic carbocycles. The molecule has 0 unspecified atom stereocenters. The summed E-state index contributed by atoms with van der Waals surface area (Å²) in [6.07, 6.45) is 11.8. The molecule has 5 rings (SSSR count). The van der Waals surface area contributed by atoms with Gasteiger partial charge in [-0.05, 0) is 97.2 Å². The second-order valence-corrected chi connectivity index (χ2v) is 15.7. The molecule has 4 fully saturated rings. The van der Waals surface area contributed by atoms with Gasteiger partial charge in [0, 0.05) is 17.8 Å². The number of esters is 1. The van der Waals surface area contributed by atoms with Gasteiger partial charge in [0.05, 0.1) is 12.7 Å². The molecule has 0 aliphatic heterocycles. The number of rotatable bonds is 2. The number of ether oxygens (including phenoxy) is 1. The number of hydrogen-bond acceptors (Lipinski definition) is 4. The van der Waals surface area contributed by atoms with Crippen molar-refractivity contribution in [2.75, 3.05) is 6.61 Å². The summed E-state index contributed by atoms with van der Waals surface area (Å²) in [5, 5.41) is 21.4. The molecule has 0 aromatic heterocycles. The van der Waals surface area contributed by atoms with Crippen LogP contribution in [0.5, 0.6) is 0 Å². The van der Waals surface area contributed by atoms with Gasteiger partial charge in [-0.25, -0.2) is 0 Å². The lowest BCUT2D eigenvalue weighted by Gasteiger charge is -2.71. The molecule has 0 bridgehead atoms. The maximum Gasteiger partial charge on any atom is 0.302 e. The van der Waals surface area contributed by atoms with E-state index in [4.69, 9.17) is 4.74 Å². The molecule has 0 amide bonds. The molecule has 0 saturated heterocycles. The quantitative estimate of drug-likeness (QED) is 0.328. The first-order chi connectivity index (χ1) is 16.6.